The largest absolute Gasteiger partial charge is 0.368 e. The third-order valence-corrected chi connectivity index (χ3v) is 4.78. The van der Waals surface area contributed by atoms with Gasteiger partial charge in [-0.15, -0.1) is 0 Å². The second-order valence-corrected chi connectivity index (χ2v) is 6.64. The summed E-state index contributed by atoms with van der Waals surface area (Å²) in [7, 11) is 1.98. The fourth-order valence-electron chi connectivity index (χ4n) is 3.56. The number of hydrogen-bond donors (Lipinski definition) is 1. The van der Waals surface area contributed by atoms with E-state index >= 15 is 0 Å². The molecule has 1 aromatic carbocycles. The van der Waals surface area contributed by atoms with Crippen LogP contribution in [0.1, 0.15) is 36.2 Å². The molecular weight excluding hydrogens is 318 g/mol. The third-order valence-electron chi connectivity index (χ3n) is 4.78. The van der Waals surface area contributed by atoms with Gasteiger partial charge in [0.25, 0.3) is 0 Å². The zero-order valence-corrected chi connectivity index (χ0v) is 14.8. The number of nitrogens with zero attached hydrogens (tertiary/aromatic N) is 4. The first-order chi connectivity index (χ1) is 12.0. The van der Waals surface area contributed by atoms with Gasteiger partial charge in [0, 0.05) is 19.5 Å². The number of nitrogens with two attached hydrogens (primary N) is 1. The van der Waals surface area contributed by atoms with Crippen molar-refractivity contribution in [3.63, 3.8) is 0 Å². The van der Waals surface area contributed by atoms with Crippen LogP contribution in [0.2, 0.25) is 0 Å². The molecule has 2 atom stereocenters. The van der Waals surface area contributed by atoms with Gasteiger partial charge in [-0.2, -0.15) is 4.98 Å². The summed E-state index contributed by atoms with van der Waals surface area (Å²) in [6.45, 7) is 4.29. The number of rotatable bonds is 6. The Balaban J connectivity index is 1.69. The van der Waals surface area contributed by atoms with Crippen molar-refractivity contribution in [1.29, 1.82) is 0 Å². The van der Waals surface area contributed by atoms with E-state index in [0.29, 0.717) is 18.3 Å². The smallest absolute Gasteiger partial charge is 0.239 e. The van der Waals surface area contributed by atoms with Crippen LogP contribution < -0.4 is 5.73 Å². The van der Waals surface area contributed by atoms with Crippen LogP contribution in [0.25, 0.3) is 0 Å². The van der Waals surface area contributed by atoms with Crippen LogP contribution in [0.5, 0.6) is 0 Å². The van der Waals surface area contributed by atoms with Crippen molar-refractivity contribution in [3.05, 3.63) is 47.6 Å². The Labute approximate surface area is 147 Å². The highest BCUT2D eigenvalue weighted by Crippen LogP contribution is 2.25. The zero-order chi connectivity index (χ0) is 17.8. The SMILES string of the molecule is Cc1nc(CN2CCC[C@H](N(C)[C@@H](C(N)=O)c3ccccc3)C2)no1. The first kappa shape index (κ1) is 17.6. The van der Waals surface area contributed by atoms with Gasteiger partial charge in [0.2, 0.25) is 11.8 Å². The first-order valence-corrected chi connectivity index (χ1v) is 8.62. The Morgan fingerprint density at radius 2 is 2.20 bits per heavy atom. The molecule has 1 fully saturated rings. The van der Waals surface area contributed by atoms with Gasteiger partial charge in [-0.3, -0.25) is 14.6 Å². The van der Waals surface area contributed by atoms with Crippen molar-refractivity contribution >= 4 is 5.91 Å². The molecule has 2 aromatic rings. The Morgan fingerprint density at radius 1 is 1.44 bits per heavy atom. The topological polar surface area (TPSA) is 88.5 Å². The highest BCUT2D eigenvalue weighted by molar-refractivity contribution is 5.81. The maximum Gasteiger partial charge on any atom is 0.239 e. The van der Waals surface area contributed by atoms with Crippen LogP contribution in [0.4, 0.5) is 0 Å². The average Bonchev–Trinajstić information content (AvgIpc) is 3.00. The van der Waals surface area contributed by atoms with Crippen molar-refractivity contribution in [2.24, 2.45) is 5.73 Å². The molecule has 1 aliphatic rings. The molecule has 1 amide bonds. The van der Waals surface area contributed by atoms with E-state index < -0.39 is 6.04 Å². The lowest BCUT2D eigenvalue weighted by atomic mass is 9.98. The summed E-state index contributed by atoms with van der Waals surface area (Å²) in [6, 6.07) is 9.55. The van der Waals surface area contributed by atoms with Crippen LogP contribution in [-0.2, 0) is 11.3 Å². The molecule has 0 radical (unpaired) electrons. The number of hydrogen-bond acceptors (Lipinski definition) is 6. The lowest BCUT2D eigenvalue weighted by Gasteiger charge is -2.40. The number of aryl methyl sites for hydroxylation is 1. The van der Waals surface area contributed by atoms with E-state index in [-0.39, 0.29) is 11.9 Å². The summed E-state index contributed by atoms with van der Waals surface area (Å²) in [5.74, 6) is 0.966. The van der Waals surface area contributed by atoms with E-state index in [4.69, 9.17) is 10.3 Å². The van der Waals surface area contributed by atoms with Crippen molar-refractivity contribution < 1.29 is 9.32 Å². The molecule has 0 unspecified atom stereocenters. The maximum atomic E-state index is 12.1. The van der Waals surface area contributed by atoms with Gasteiger partial charge < -0.3 is 10.3 Å². The van der Waals surface area contributed by atoms with Gasteiger partial charge in [-0.1, -0.05) is 35.5 Å². The molecule has 3 rings (SSSR count). The molecule has 0 aliphatic carbocycles. The predicted molar refractivity (Wildman–Crippen MR) is 93.5 cm³/mol. The van der Waals surface area contributed by atoms with E-state index in [1.165, 1.54) is 0 Å². The highest BCUT2D eigenvalue weighted by Gasteiger charge is 2.31. The van der Waals surface area contributed by atoms with Crippen LogP contribution in [-0.4, -0.2) is 52.0 Å². The van der Waals surface area contributed by atoms with E-state index in [1.54, 1.807) is 6.92 Å². The number of aromatic nitrogens is 2. The lowest BCUT2D eigenvalue weighted by Crippen LogP contribution is -2.49. The van der Waals surface area contributed by atoms with E-state index in [9.17, 15) is 4.79 Å². The van der Waals surface area contributed by atoms with Crippen molar-refractivity contribution in [1.82, 2.24) is 19.9 Å². The molecule has 1 aliphatic heterocycles. The molecule has 25 heavy (non-hydrogen) atoms. The van der Waals surface area contributed by atoms with Gasteiger partial charge in [0.15, 0.2) is 5.82 Å². The maximum absolute atomic E-state index is 12.1. The summed E-state index contributed by atoms with van der Waals surface area (Å²) in [6.07, 6.45) is 2.10. The monoisotopic (exact) mass is 343 g/mol. The molecule has 7 heteroatoms. The summed E-state index contributed by atoms with van der Waals surface area (Å²) in [4.78, 5) is 20.8. The Hall–Kier alpha value is -2.25. The average molecular weight is 343 g/mol. The molecule has 1 saturated heterocycles. The summed E-state index contributed by atoms with van der Waals surface area (Å²) < 4.78 is 5.05. The van der Waals surface area contributed by atoms with Crippen LogP contribution in [0.3, 0.4) is 0 Å². The number of carbonyl (C=O) groups excluding carboxylic acids is 1. The van der Waals surface area contributed by atoms with Crippen LogP contribution in [0, 0.1) is 6.92 Å². The van der Waals surface area contributed by atoms with Gasteiger partial charge in [-0.25, -0.2) is 0 Å². The molecular formula is C18H25N5O2. The van der Waals surface area contributed by atoms with Crippen LogP contribution >= 0.6 is 0 Å². The minimum atomic E-state index is -0.418. The lowest BCUT2D eigenvalue weighted by molar-refractivity contribution is -0.124. The van der Waals surface area contributed by atoms with Gasteiger partial charge >= 0.3 is 0 Å². The summed E-state index contributed by atoms with van der Waals surface area (Å²) >= 11 is 0. The van der Waals surface area contributed by atoms with Crippen molar-refractivity contribution in [3.8, 4) is 0 Å². The molecule has 2 heterocycles. The van der Waals surface area contributed by atoms with E-state index in [1.807, 2.05) is 37.4 Å². The number of benzene rings is 1. The Kier molecular flexibility index (Phi) is 5.45. The summed E-state index contributed by atoms with van der Waals surface area (Å²) in [5.41, 5.74) is 6.64. The minimum absolute atomic E-state index is 0.249. The van der Waals surface area contributed by atoms with Gasteiger partial charge in [0.1, 0.15) is 6.04 Å². The standard InChI is InChI=1S/C18H25N5O2/c1-13-20-16(21-25-13)12-23-10-6-9-15(11-23)22(2)17(18(19)24)14-7-4-3-5-8-14/h3-5,7-8,15,17H,6,9-12H2,1-2H3,(H2,19,24)/t15-,17+/m0/s1. The third kappa shape index (κ3) is 4.24. The molecule has 0 saturated carbocycles. The Morgan fingerprint density at radius 3 is 2.84 bits per heavy atom. The fourth-order valence-corrected chi connectivity index (χ4v) is 3.56. The normalized spacial score (nSPS) is 19.9. The van der Waals surface area contributed by atoms with Gasteiger partial charge in [0.05, 0.1) is 6.54 Å². The number of likely N-dealkylation sites (tertiary alicyclic amines) is 1. The molecule has 2 N–H and O–H groups in total. The molecule has 0 bridgehead atoms. The molecule has 7 nitrogen and oxygen atoms in total. The second kappa shape index (κ2) is 7.76. The second-order valence-electron chi connectivity index (χ2n) is 6.64. The number of piperidine rings is 1. The number of amides is 1. The zero-order valence-electron chi connectivity index (χ0n) is 14.8. The number of carbonyl (C=O) groups is 1. The van der Waals surface area contributed by atoms with Gasteiger partial charge in [-0.05, 0) is 32.0 Å². The quantitative estimate of drug-likeness (QED) is 0.855. The minimum Gasteiger partial charge on any atom is -0.368 e. The first-order valence-electron chi connectivity index (χ1n) is 8.62. The van der Waals surface area contributed by atoms with E-state index in [2.05, 4.69) is 19.9 Å². The Bertz CT molecular complexity index is 703. The fraction of sp³-hybridized carbons (Fsp3) is 0.500. The van der Waals surface area contributed by atoms with E-state index in [0.717, 1.165) is 31.5 Å². The highest BCUT2D eigenvalue weighted by atomic mass is 16.5. The number of primary amides is 1. The molecule has 134 valence electrons. The van der Waals surface area contributed by atoms with Crippen molar-refractivity contribution in [2.75, 3.05) is 20.1 Å². The van der Waals surface area contributed by atoms with Crippen molar-refractivity contribution in [2.45, 2.75) is 38.4 Å². The van der Waals surface area contributed by atoms with Crippen LogP contribution in [0.15, 0.2) is 34.9 Å². The molecule has 1 aromatic heterocycles. The predicted octanol–water partition coefficient (Wildman–Crippen LogP) is 1.50. The molecule has 0 spiro atoms. The number of likely N-dealkylation sites (N-methyl/N-ethyl adjacent to an activating group) is 1. The summed E-state index contributed by atoms with van der Waals surface area (Å²) in [5, 5.41) is 3.98.